The van der Waals surface area contributed by atoms with E-state index in [1.165, 1.54) is 42.3 Å². The Hall–Kier alpha value is 0.394. The highest BCUT2D eigenvalue weighted by Crippen LogP contribution is 2.26. The first kappa shape index (κ1) is 12.5. The third kappa shape index (κ3) is 3.52. The van der Waals surface area contributed by atoms with Gasteiger partial charge in [-0.1, -0.05) is 38.8 Å². The van der Waals surface area contributed by atoms with Crippen molar-refractivity contribution in [3.63, 3.8) is 0 Å². The molecule has 0 saturated heterocycles. The average molecular weight is 230 g/mol. The quantitative estimate of drug-likeness (QED) is 0.641. The SMILES string of the molecule is CCC(C)N([SiH2]C(C)[SiH3])C1CCCC1. The summed E-state index contributed by atoms with van der Waals surface area (Å²) in [6, 6.07) is 1.84. The van der Waals surface area contributed by atoms with E-state index in [-0.39, 0.29) is 9.68 Å². The Morgan fingerprint density at radius 1 is 1.36 bits per heavy atom. The van der Waals surface area contributed by atoms with Gasteiger partial charge in [0.25, 0.3) is 0 Å². The second-order valence-electron chi connectivity index (χ2n) is 5.29. The normalized spacial score (nSPS) is 24.0. The highest BCUT2D eigenvalue weighted by Gasteiger charge is 2.25. The maximum atomic E-state index is 2.94. The molecule has 1 fully saturated rings. The monoisotopic (exact) mass is 229 g/mol. The van der Waals surface area contributed by atoms with Gasteiger partial charge in [0.05, 0.1) is 9.68 Å². The van der Waals surface area contributed by atoms with Gasteiger partial charge < -0.3 is 4.57 Å². The molecule has 0 heterocycles. The topological polar surface area (TPSA) is 3.24 Å². The molecule has 0 aromatic carbocycles. The molecule has 84 valence electrons. The number of nitrogens with zero attached hydrogens (tertiary/aromatic N) is 1. The van der Waals surface area contributed by atoms with Gasteiger partial charge >= 0.3 is 0 Å². The molecule has 1 aliphatic rings. The van der Waals surface area contributed by atoms with E-state index in [1.54, 1.807) is 0 Å². The fourth-order valence-electron chi connectivity index (χ4n) is 2.58. The molecule has 3 heteroatoms. The molecule has 2 atom stereocenters. The highest BCUT2D eigenvalue weighted by molar-refractivity contribution is 6.47. The van der Waals surface area contributed by atoms with E-state index in [2.05, 4.69) is 25.3 Å². The molecule has 1 rings (SSSR count). The largest absolute Gasteiger partial charge is 0.324 e. The minimum Gasteiger partial charge on any atom is -0.324 e. The van der Waals surface area contributed by atoms with Crippen LogP contribution in [0.1, 0.15) is 52.9 Å². The van der Waals surface area contributed by atoms with Crippen LogP contribution in [0.25, 0.3) is 0 Å². The van der Waals surface area contributed by atoms with Crippen LogP contribution < -0.4 is 0 Å². The van der Waals surface area contributed by atoms with Crippen LogP contribution in [0.15, 0.2) is 0 Å². The summed E-state index contributed by atoms with van der Waals surface area (Å²) in [6.45, 7) is 7.25. The first-order valence-electron chi connectivity index (χ1n) is 6.40. The van der Waals surface area contributed by atoms with Crippen molar-refractivity contribution in [2.24, 2.45) is 0 Å². The van der Waals surface area contributed by atoms with E-state index in [9.17, 15) is 0 Å². The maximum Gasteiger partial charge on any atom is 0.0951 e. The third-order valence-electron chi connectivity index (χ3n) is 3.53. The molecular formula is C11H27NSi2. The molecule has 2 unspecified atom stereocenters. The van der Waals surface area contributed by atoms with Crippen LogP contribution in [0.5, 0.6) is 0 Å². The van der Waals surface area contributed by atoms with Crippen LogP contribution in [0.3, 0.4) is 0 Å². The molecule has 1 aliphatic carbocycles. The molecule has 0 bridgehead atoms. The Bertz CT molecular complexity index is 155. The Morgan fingerprint density at radius 3 is 2.36 bits per heavy atom. The van der Waals surface area contributed by atoms with Crippen LogP contribution in [-0.4, -0.2) is 36.6 Å². The molecule has 0 radical (unpaired) electrons. The first-order chi connectivity index (χ1) is 6.65. The molecule has 0 N–H and O–H groups in total. The van der Waals surface area contributed by atoms with Crippen LogP contribution in [0.2, 0.25) is 5.16 Å². The van der Waals surface area contributed by atoms with Crippen molar-refractivity contribution >= 4 is 19.9 Å². The molecule has 0 aromatic rings. The summed E-state index contributed by atoms with van der Waals surface area (Å²) >= 11 is 0. The lowest BCUT2D eigenvalue weighted by molar-refractivity contribution is 0.261. The average Bonchev–Trinajstić information content (AvgIpc) is 2.65. The second-order valence-corrected chi connectivity index (χ2v) is 11.6. The van der Waals surface area contributed by atoms with Crippen LogP contribution in [-0.2, 0) is 0 Å². The smallest absolute Gasteiger partial charge is 0.0951 e. The predicted octanol–water partition coefficient (Wildman–Crippen LogP) is 1.24. The van der Waals surface area contributed by atoms with Gasteiger partial charge in [-0.3, -0.25) is 0 Å². The van der Waals surface area contributed by atoms with Gasteiger partial charge in [0.2, 0.25) is 0 Å². The van der Waals surface area contributed by atoms with Crippen LogP contribution in [0.4, 0.5) is 0 Å². The molecule has 0 aliphatic heterocycles. The first-order valence-corrected chi connectivity index (χ1v) is 9.01. The van der Waals surface area contributed by atoms with E-state index in [4.69, 9.17) is 0 Å². The second kappa shape index (κ2) is 6.08. The molecule has 14 heavy (non-hydrogen) atoms. The third-order valence-corrected chi connectivity index (χ3v) is 6.91. The lowest BCUT2D eigenvalue weighted by atomic mass is 10.2. The fourth-order valence-corrected chi connectivity index (χ4v) is 5.97. The van der Waals surface area contributed by atoms with Gasteiger partial charge in [-0.05, 0) is 25.3 Å². The maximum absolute atomic E-state index is 2.94. The van der Waals surface area contributed by atoms with Gasteiger partial charge in [-0.25, -0.2) is 0 Å². The zero-order valence-electron chi connectivity index (χ0n) is 10.4. The Labute approximate surface area is 95.0 Å². The molecular weight excluding hydrogens is 202 g/mol. The zero-order chi connectivity index (χ0) is 10.6. The van der Waals surface area contributed by atoms with Crippen molar-refractivity contribution in [2.45, 2.75) is 70.1 Å². The highest BCUT2D eigenvalue weighted by atomic mass is 28.3. The summed E-state index contributed by atoms with van der Waals surface area (Å²) < 4.78 is 2.94. The minimum absolute atomic E-state index is 0.0673. The van der Waals surface area contributed by atoms with Crippen molar-refractivity contribution in [1.82, 2.24) is 4.57 Å². The van der Waals surface area contributed by atoms with Crippen molar-refractivity contribution in [2.75, 3.05) is 0 Å². The number of hydrogen-bond donors (Lipinski definition) is 0. The summed E-state index contributed by atoms with van der Waals surface area (Å²) in [5.74, 6) is 0. The Balaban J connectivity index is 2.50. The van der Waals surface area contributed by atoms with Gasteiger partial charge in [0, 0.05) is 16.3 Å². The van der Waals surface area contributed by atoms with Gasteiger partial charge in [-0.2, -0.15) is 0 Å². The van der Waals surface area contributed by atoms with Gasteiger partial charge in [-0.15, -0.1) is 0 Å². The summed E-state index contributed by atoms with van der Waals surface area (Å²) in [7, 11) is 1.47. The van der Waals surface area contributed by atoms with Crippen molar-refractivity contribution in [3.8, 4) is 0 Å². The van der Waals surface area contributed by atoms with Crippen molar-refractivity contribution in [1.29, 1.82) is 0 Å². The van der Waals surface area contributed by atoms with Gasteiger partial charge in [0.15, 0.2) is 0 Å². The fraction of sp³-hybridized carbons (Fsp3) is 1.00. The van der Waals surface area contributed by atoms with Gasteiger partial charge in [0.1, 0.15) is 0 Å². The van der Waals surface area contributed by atoms with E-state index in [1.807, 2.05) is 0 Å². The summed E-state index contributed by atoms with van der Waals surface area (Å²) in [6.07, 6.45) is 7.30. The molecule has 1 nitrogen and oxygen atoms in total. The van der Waals surface area contributed by atoms with E-state index in [0.29, 0.717) is 0 Å². The van der Waals surface area contributed by atoms with Crippen molar-refractivity contribution < 1.29 is 0 Å². The molecule has 0 amide bonds. The summed E-state index contributed by atoms with van der Waals surface area (Å²) in [4.78, 5) is 0. The molecule has 1 saturated carbocycles. The lowest BCUT2D eigenvalue weighted by Crippen LogP contribution is -2.44. The summed E-state index contributed by atoms with van der Waals surface area (Å²) in [5, 5.41) is 1.09. The standard InChI is InChI=1S/C11H27NSi2/c1-4-9(2)12(14-10(3)13)11-7-5-6-8-11/h9-11H,4-8,14H2,1-3,13H3. The zero-order valence-corrected chi connectivity index (χ0v) is 13.8. The molecule has 0 aromatic heterocycles. The Kier molecular flexibility index (Phi) is 5.41. The van der Waals surface area contributed by atoms with Crippen molar-refractivity contribution in [3.05, 3.63) is 0 Å². The van der Waals surface area contributed by atoms with Crippen LogP contribution in [0, 0.1) is 0 Å². The molecule has 0 spiro atoms. The van der Waals surface area contributed by atoms with E-state index in [0.717, 1.165) is 17.2 Å². The van der Waals surface area contributed by atoms with Crippen LogP contribution >= 0.6 is 0 Å². The summed E-state index contributed by atoms with van der Waals surface area (Å²) in [5.41, 5.74) is 0. The Morgan fingerprint density at radius 2 is 1.93 bits per heavy atom. The predicted molar refractivity (Wildman–Crippen MR) is 71.8 cm³/mol. The van der Waals surface area contributed by atoms with E-state index < -0.39 is 0 Å². The number of hydrogen-bond acceptors (Lipinski definition) is 1. The lowest BCUT2D eigenvalue weighted by Gasteiger charge is -2.35. The van der Waals surface area contributed by atoms with E-state index >= 15 is 0 Å². The minimum atomic E-state index is 0.0673. The number of rotatable bonds is 5.